The molecule has 1 fully saturated rings. The highest BCUT2D eigenvalue weighted by atomic mass is 32.1. The molecule has 4 nitrogen and oxygen atoms in total. The fourth-order valence-electron chi connectivity index (χ4n) is 3.51. The Morgan fingerprint density at radius 2 is 2.15 bits per heavy atom. The number of likely N-dealkylation sites (tertiary alicyclic amines) is 1. The summed E-state index contributed by atoms with van der Waals surface area (Å²) in [5.41, 5.74) is 1.96. The molecule has 1 N–H and O–H groups in total. The van der Waals surface area contributed by atoms with Crippen LogP contribution in [0.4, 0.5) is 0 Å². The summed E-state index contributed by atoms with van der Waals surface area (Å²) in [4.78, 5) is 19.3. The third kappa shape index (κ3) is 5.92. The van der Waals surface area contributed by atoms with E-state index in [0.717, 1.165) is 48.1 Å². The normalized spacial score (nSPS) is 18.0. The molecule has 1 aliphatic rings. The van der Waals surface area contributed by atoms with Gasteiger partial charge in [0.05, 0.1) is 12.1 Å². The van der Waals surface area contributed by atoms with Crippen molar-refractivity contribution in [1.29, 1.82) is 0 Å². The van der Waals surface area contributed by atoms with Crippen LogP contribution in [0.5, 0.6) is 0 Å². The average molecular weight is 372 g/mol. The number of rotatable bonds is 8. The summed E-state index contributed by atoms with van der Waals surface area (Å²) in [6, 6.07) is 10.1. The molecule has 0 bridgehead atoms. The van der Waals surface area contributed by atoms with Gasteiger partial charge in [0.15, 0.2) is 0 Å². The summed E-state index contributed by atoms with van der Waals surface area (Å²) in [6.07, 6.45) is 5.27. The van der Waals surface area contributed by atoms with Crippen LogP contribution in [0.3, 0.4) is 0 Å². The van der Waals surface area contributed by atoms with Gasteiger partial charge in [0, 0.05) is 24.0 Å². The van der Waals surface area contributed by atoms with E-state index >= 15 is 0 Å². The number of benzene rings is 1. The topological polar surface area (TPSA) is 45.2 Å². The van der Waals surface area contributed by atoms with Crippen LogP contribution in [0.2, 0.25) is 0 Å². The molecule has 2 aromatic rings. The van der Waals surface area contributed by atoms with E-state index in [9.17, 15) is 4.79 Å². The van der Waals surface area contributed by atoms with E-state index in [1.165, 1.54) is 25.9 Å². The highest BCUT2D eigenvalue weighted by Gasteiger charge is 2.15. The molecule has 3 rings (SSSR count). The standard InChI is InChI=1S/C21H29N3OS/c1-17-8-7-13-24(15-17)12-6-5-11-22-20(25)14-19-16-26-21(23-19)18-9-3-2-4-10-18/h2-4,9-10,16-17H,5-8,11-15H2,1H3,(H,22,25). The number of aromatic nitrogens is 1. The molecule has 1 unspecified atom stereocenters. The number of amides is 1. The van der Waals surface area contributed by atoms with Gasteiger partial charge in [-0.25, -0.2) is 4.98 Å². The van der Waals surface area contributed by atoms with E-state index in [1.54, 1.807) is 11.3 Å². The number of hydrogen-bond acceptors (Lipinski definition) is 4. The molecule has 1 aromatic heterocycles. The molecular formula is C21H29N3OS. The van der Waals surface area contributed by atoms with Crippen LogP contribution >= 0.6 is 11.3 Å². The van der Waals surface area contributed by atoms with E-state index in [0.29, 0.717) is 6.42 Å². The van der Waals surface area contributed by atoms with E-state index in [1.807, 2.05) is 35.7 Å². The molecule has 2 heterocycles. The SMILES string of the molecule is CC1CCCN(CCCCNC(=O)Cc2csc(-c3ccccc3)n2)C1. The van der Waals surface area contributed by atoms with E-state index < -0.39 is 0 Å². The molecule has 0 radical (unpaired) electrons. The monoisotopic (exact) mass is 371 g/mol. The van der Waals surface area contributed by atoms with Gasteiger partial charge in [0.1, 0.15) is 5.01 Å². The van der Waals surface area contributed by atoms with Crippen molar-refractivity contribution < 1.29 is 4.79 Å². The third-order valence-corrected chi connectivity index (χ3v) is 5.82. The molecule has 5 heteroatoms. The third-order valence-electron chi connectivity index (χ3n) is 4.88. The second-order valence-electron chi connectivity index (χ2n) is 7.29. The average Bonchev–Trinajstić information content (AvgIpc) is 3.11. The summed E-state index contributed by atoms with van der Waals surface area (Å²) >= 11 is 1.60. The summed E-state index contributed by atoms with van der Waals surface area (Å²) in [6.45, 7) is 6.74. The molecule has 1 aromatic carbocycles. The molecular weight excluding hydrogens is 342 g/mol. The molecule has 1 atom stereocenters. The quantitative estimate of drug-likeness (QED) is 0.714. The molecule has 1 amide bonds. The largest absolute Gasteiger partial charge is 0.356 e. The fourth-order valence-corrected chi connectivity index (χ4v) is 4.33. The minimum Gasteiger partial charge on any atom is -0.356 e. The van der Waals surface area contributed by atoms with Crippen LogP contribution in [0, 0.1) is 5.92 Å². The number of carbonyl (C=O) groups is 1. The maximum Gasteiger partial charge on any atom is 0.226 e. The number of nitrogens with zero attached hydrogens (tertiary/aromatic N) is 2. The molecule has 1 aliphatic heterocycles. The predicted molar refractivity (Wildman–Crippen MR) is 108 cm³/mol. The number of unbranched alkanes of at least 4 members (excludes halogenated alkanes) is 1. The number of piperidine rings is 1. The first-order chi connectivity index (χ1) is 12.7. The Kier molecular flexibility index (Phi) is 7.21. The van der Waals surface area contributed by atoms with Gasteiger partial charge < -0.3 is 10.2 Å². The summed E-state index contributed by atoms with van der Waals surface area (Å²) in [7, 11) is 0. The van der Waals surface area contributed by atoms with Crippen molar-refractivity contribution in [3.63, 3.8) is 0 Å². The van der Waals surface area contributed by atoms with Gasteiger partial charge in [-0.2, -0.15) is 0 Å². The van der Waals surface area contributed by atoms with Crippen molar-refractivity contribution in [2.75, 3.05) is 26.2 Å². The first-order valence-corrected chi connectivity index (χ1v) is 10.6. The van der Waals surface area contributed by atoms with Crippen molar-refractivity contribution in [3.05, 3.63) is 41.4 Å². The van der Waals surface area contributed by atoms with Gasteiger partial charge in [-0.1, -0.05) is 37.3 Å². The number of thiazole rings is 1. The zero-order chi connectivity index (χ0) is 18.2. The molecule has 140 valence electrons. The highest BCUT2D eigenvalue weighted by molar-refractivity contribution is 7.13. The van der Waals surface area contributed by atoms with Gasteiger partial charge >= 0.3 is 0 Å². The lowest BCUT2D eigenvalue weighted by Crippen LogP contribution is -2.35. The van der Waals surface area contributed by atoms with Crippen molar-refractivity contribution in [2.24, 2.45) is 5.92 Å². The lowest BCUT2D eigenvalue weighted by molar-refractivity contribution is -0.120. The number of hydrogen-bond donors (Lipinski definition) is 1. The number of carbonyl (C=O) groups excluding carboxylic acids is 1. The lowest BCUT2D eigenvalue weighted by atomic mass is 10.0. The van der Waals surface area contributed by atoms with Crippen molar-refractivity contribution in [2.45, 2.75) is 39.0 Å². The first-order valence-electron chi connectivity index (χ1n) is 9.69. The Bertz CT molecular complexity index is 686. The van der Waals surface area contributed by atoms with E-state index in [4.69, 9.17) is 0 Å². The Balaban J connectivity index is 1.32. The van der Waals surface area contributed by atoms with Crippen molar-refractivity contribution in [3.8, 4) is 10.6 Å². The van der Waals surface area contributed by atoms with E-state index in [2.05, 4.69) is 22.1 Å². The maximum absolute atomic E-state index is 12.1. The van der Waals surface area contributed by atoms with Crippen molar-refractivity contribution in [1.82, 2.24) is 15.2 Å². The van der Waals surface area contributed by atoms with Crippen LogP contribution in [0.15, 0.2) is 35.7 Å². The predicted octanol–water partition coefficient (Wildman–Crippen LogP) is 3.98. The van der Waals surface area contributed by atoms with Crippen LogP contribution in [-0.4, -0.2) is 42.0 Å². The smallest absolute Gasteiger partial charge is 0.226 e. The first kappa shape index (κ1) is 19.1. The fraction of sp³-hybridized carbons (Fsp3) is 0.524. The second-order valence-corrected chi connectivity index (χ2v) is 8.15. The Morgan fingerprint density at radius 3 is 2.96 bits per heavy atom. The molecule has 1 saturated heterocycles. The zero-order valence-electron chi connectivity index (χ0n) is 15.6. The van der Waals surface area contributed by atoms with Gasteiger partial charge in [0.2, 0.25) is 5.91 Å². The van der Waals surface area contributed by atoms with Gasteiger partial charge in [-0.3, -0.25) is 4.79 Å². The lowest BCUT2D eigenvalue weighted by Gasteiger charge is -2.30. The molecule has 0 saturated carbocycles. The second kappa shape index (κ2) is 9.83. The Hall–Kier alpha value is -1.72. The maximum atomic E-state index is 12.1. The highest BCUT2D eigenvalue weighted by Crippen LogP contribution is 2.23. The van der Waals surface area contributed by atoms with Crippen LogP contribution in [0.25, 0.3) is 10.6 Å². The van der Waals surface area contributed by atoms with Gasteiger partial charge in [-0.05, 0) is 44.7 Å². The zero-order valence-corrected chi connectivity index (χ0v) is 16.4. The van der Waals surface area contributed by atoms with E-state index in [-0.39, 0.29) is 5.91 Å². The van der Waals surface area contributed by atoms with Crippen molar-refractivity contribution >= 4 is 17.2 Å². The Labute approximate surface area is 160 Å². The minimum atomic E-state index is 0.0708. The van der Waals surface area contributed by atoms with Crippen LogP contribution in [-0.2, 0) is 11.2 Å². The Morgan fingerprint density at radius 1 is 1.31 bits per heavy atom. The molecule has 0 spiro atoms. The summed E-state index contributed by atoms with van der Waals surface area (Å²) in [5.74, 6) is 0.906. The molecule has 26 heavy (non-hydrogen) atoms. The summed E-state index contributed by atoms with van der Waals surface area (Å²) in [5, 5.41) is 6.00. The minimum absolute atomic E-state index is 0.0708. The summed E-state index contributed by atoms with van der Waals surface area (Å²) < 4.78 is 0. The van der Waals surface area contributed by atoms with Crippen LogP contribution in [0.1, 0.15) is 38.3 Å². The number of nitrogens with one attached hydrogen (secondary N) is 1. The molecule has 0 aliphatic carbocycles. The van der Waals surface area contributed by atoms with Gasteiger partial charge in [0.25, 0.3) is 0 Å². The van der Waals surface area contributed by atoms with Gasteiger partial charge in [-0.15, -0.1) is 11.3 Å². The van der Waals surface area contributed by atoms with Crippen LogP contribution < -0.4 is 5.32 Å².